The number of allylic oxidation sites excluding steroid dienone is 1. The highest BCUT2D eigenvalue weighted by Gasteiger charge is 2.32. The molecule has 0 radical (unpaired) electrons. The van der Waals surface area contributed by atoms with Crippen molar-refractivity contribution in [2.45, 2.75) is 20.3 Å². The van der Waals surface area contributed by atoms with E-state index >= 15 is 0 Å². The van der Waals surface area contributed by atoms with Gasteiger partial charge in [-0.25, -0.2) is 0 Å². The summed E-state index contributed by atoms with van der Waals surface area (Å²) >= 11 is 1.82. The standard InChI is InChI=1S/C16H16N2OS/c1-3-14-15(18-6-5-17-16(18)20-14)11-8-10(2)12-4-7-19-13(12)9-11/h4,7-9H,3,5-6H2,1-2H3. The Balaban J connectivity index is 1.90. The summed E-state index contributed by atoms with van der Waals surface area (Å²) < 4.78 is 5.60. The van der Waals surface area contributed by atoms with Crippen LogP contribution in [0.25, 0.3) is 16.7 Å². The Kier molecular flexibility index (Phi) is 2.67. The topological polar surface area (TPSA) is 28.7 Å². The van der Waals surface area contributed by atoms with E-state index < -0.39 is 0 Å². The van der Waals surface area contributed by atoms with E-state index in [4.69, 9.17) is 4.42 Å². The van der Waals surface area contributed by atoms with Gasteiger partial charge >= 0.3 is 0 Å². The van der Waals surface area contributed by atoms with Gasteiger partial charge in [-0.15, -0.1) is 0 Å². The first kappa shape index (κ1) is 12.1. The predicted molar refractivity (Wildman–Crippen MR) is 84.8 cm³/mol. The molecular formula is C16H16N2OS. The van der Waals surface area contributed by atoms with Crippen LogP contribution in [0.15, 0.2) is 38.8 Å². The molecule has 0 N–H and O–H groups in total. The van der Waals surface area contributed by atoms with Crippen molar-refractivity contribution in [1.29, 1.82) is 0 Å². The minimum Gasteiger partial charge on any atom is -0.464 e. The molecule has 4 heteroatoms. The molecule has 2 aliphatic heterocycles. The first-order chi connectivity index (χ1) is 9.78. The molecule has 1 aromatic heterocycles. The molecule has 2 aliphatic rings. The number of aliphatic imine (C=N–C) groups is 1. The van der Waals surface area contributed by atoms with Crippen LogP contribution in [0.1, 0.15) is 24.5 Å². The molecule has 0 atom stereocenters. The molecule has 102 valence electrons. The highest BCUT2D eigenvalue weighted by atomic mass is 32.2. The second-order valence-electron chi connectivity index (χ2n) is 5.17. The molecule has 2 aromatic rings. The Morgan fingerprint density at radius 3 is 3.15 bits per heavy atom. The zero-order chi connectivity index (χ0) is 13.7. The molecule has 0 bridgehead atoms. The minimum atomic E-state index is 0.908. The van der Waals surface area contributed by atoms with Crippen molar-refractivity contribution >= 4 is 33.6 Å². The summed E-state index contributed by atoms with van der Waals surface area (Å²) in [6.07, 6.45) is 2.81. The zero-order valence-corrected chi connectivity index (χ0v) is 12.5. The number of amidine groups is 1. The van der Waals surface area contributed by atoms with Crippen LogP contribution in [-0.4, -0.2) is 23.2 Å². The lowest BCUT2D eigenvalue weighted by Gasteiger charge is -2.18. The number of nitrogens with zero attached hydrogens (tertiary/aromatic N) is 2. The number of hydrogen-bond acceptors (Lipinski definition) is 4. The first-order valence-corrected chi connectivity index (χ1v) is 7.81. The van der Waals surface area contributed by atoms with Gasteiger partial charge in [0.05, 0.1) is 18.5 Å². The smallest absolute Gasteiger partial charge is 0.168 e. The second kappa shape index (κ2) is 4.42. The number of benzene rings is 1. The van der Waals surface area contributed by atoms with Crippen molar-refractivity contribution in [2.24, 2.45) is 4.99 Å². The van der Waals surface area contributed by atoms with Crippen LogP contribution < -0.4 is 0 Å². The van der Waals surface area contributed by atoms with Crippen LogP contribution in [-0.2, 0) is 0 Å². The summed E-state index contributed by atoms with van der Waals surface area (Å²) in [4.78, 5) is 8.35. The van der Waals surface area contributed by atoms with Crippen molar-refractivity contribution in [3.63, 3.8) is 0 Å². The van der Waals surface area contributed by atoms with E-state index in [-0.39, 0.29) is 0 Å². The molecular weight excluding hydrogens is 268 g/mol. The average Bonchev–Trinajstić information content (AvgIpc) is 3.12. The van der Waals surface area contributed by atoms with Crippen LogP contribution in [0.5, 0.6) is 0 Å². The van der Waals surface area contributed by atoms with Gasteiger partial charge in [0, 0.05) is 22.4 Å². The largest absolute Gasteiger partial charge is 0.464 e. The number of hydrogen-bond donors (Lipinski definition) is 0. The molecule has 0 fully saturated rings. The van der Waals surface area contributed by atoms with Gasteiger partial charge in [-0.05, 0) is 37.1 Å². The van der Waals surface area contributed by atoms with Gasteiger partial charge in [0.2, 0.25) is 0 Å². The fraction of sp³-hybridized carbons (Fsp3) is 0.312. The number of thioether (sulfide) groups is 1. The molecule has 4 rings (SSSR count). The van der Waals surface area contributed by atoms with E-state index in [0.29, 0.717) is 0 Å². The van der Waals surface area contributed by atoms with Gasteiger partial charge in [0.25, 0.3) is 0 Å². The number of rotatable bonds is 2. The van der Waals surface area contributed by atoms with Crippen LogP contribution in [0.3, 0.4) is 0 Å². The third-order valence-corrected chi connectivity index (χ3v) is 5.18. The Labute approximate surface area is 122 Å². The molecule has 0 saturated heterocycles. The Morgan fingerprint density at radius 1 is 1.40 bits per heavy atom. The van der Waals surface area contributed by atoms with Crippen molar-refractivity contribution in [1.82, 2.24) is 4.90 Å². The molecule has 3 nitrogen and oxygen atoms in total. The van der Waals surface area contributed by atoms with Gasteiger partial charge in [0.1, 0.15) is 5.58 Å². The number of furan rings is 1. The molecule has 0 unspecified atom stereocenters. The molecule has 0 aliphatic carbocycles. The summed E-state index contributed by atoms with van der Waals surface area (Å²) in [5, 5.41) is 2.36. The lowest BCUT2D eigenvalue weighted by atomic mass is 10.0. The fourth-order valence-electron chi connectivity index (χ4n) is 2.98. The highest BCUT2D eigenvalue weighted by molar-refractivity contribution is 8.17. The average molecular weight is 284 g/mol. The van der Waals surface area contributed by atoms with Crippen LogP contribution in [0, 0.1) is 6.92 Å². The zero-order valence-electron chi connectivity index (χ0n) is 11.6. The lowest BCUT2D eigenvalue weighted by Crippen LogP contribution is -2.20. The summed E-state index contributed by atoms with van der Waals surface area (Å²) in [5.74, 6) is 0. The van der Waals surface area contributed by atoms with E-state index in [1.165, 1.54) is 27.1 Å². The van der Waals surface area contributed by atoms with Crippen LogP contribution in [0.4, 0.5) is 0 Å². The molecule has 3 heterocycles. The Morgan fingerprint density at radius 2 is 2.30 bits per heavy atom. The molecule has 20 heavy (non-hydrogen) atoms. The maximum Gasteiger partial charge on any atom is 0.168 e. The van der Waals surface area contributed by atoms with Gasteiger partial charge in [-0.2, -0.15) is 0 Å². The Hall–Kier alpha value is -1.68. The van der Waals surface area contributed by atoms with Crippen molar-refractivity contribution in [3.8, 4) is 0 Å². The second-order valence-corrected chi connectivity index (χ2v) is 6.23. The summed E-state index contributed by atoms with van der Waals surface area (Å²) in [7, 11) is 0. The van der Waals surface area contributed by atoms with E-state index in [1.807, 2.05) is 17.8 Å². The van der Waals surface area contributed by atoms with Gasteiger partial charge < -0.3 is 9.32 Å². The quantitative estimate of drug-likeness (QED) is 0.826. The lowest BCUT2D eigenvalue weighted by molar-refractivity contribution is 0.614. The van der Waals surface area contributed by atoms with Crippen LogP contribution in [0.2, 0.25) is 0 Å². The number of aryl methyl sites for hydroxylation is 1. The third kappa shape index (κ3) is 1.64. The van der Waals surface area contributed by atoms with E-state index in [1.54, 1.807) is 6.26 Å². The maximum absolute atomic E-state index is 5.60. The van der Waals surface area contributed by atoms with E-state index in [2.05, 4.69) is 35.9 Å². The molecule has 1 aromatic carbocycles. The molecule has 0 amide bonds. The normalized spacial score (nSPS) is 18.1. The van der Waals surface area contributed by atoms with E-state index in [0.717, 1.165) is 30.3 Å². The third-order valence-electron chi connectivity index (χ3n) is 3.92. The SMILES string of the molecule is CCC1=C(c2cc(C)c3ccoc3c2)N2CCN=C2S1. The Bertz CT molecular complexity index is 757. The predicted octanol–water partition coefficient (Wildman–Crippen LogP) is 4.24. The van der Waals surface area contributed by atoms with Gasteiger partial charge in [-0.1, -0.05) is 18.7 Å². The maximum atomic E-state index is 5.60. The first-order valence-electron chi connectivity index (χ1n) is 6.99. The van der Waals surface area contributed by atoms with Crippen LogP contribution >= 0.6 is 11.8 Å². The minimum absolute atomic E-state index is 0.908. The van der Waals surface area contributed by atoms with Gasteiger partial charge in [0.15, 0.2) is 5.17 Å². The number of fused-ring (bicyclic) bond motifs is 2. The summed E-state index contributed by atoms with van der Waals surface area (Å²) in [5.41, 5.74) is 4.82. The molecule has 0 spiro atoms. The summed E-state index contributed by atoms with van der Waals surface area (Å²) in [6.45, 7) is 6.26. The monoisotopic (exact) mass is 284 g/mol. The summed E-state index contributed by atoms with van der Waals surface area (Å²) in [6, 6.07) is 6.47. The van der Waals surface area contributed by atoms with E-state index in [9.17, 15) is 0 Å². The van der Waals surface area contributed by atoms with Crippen molar-refractivity contribution in [2.75, 3.05) is 13.1 Å². The van der Waals surface area contributed by atoms with Crippen molar-refractivity contribution < 1.29 is 4.42 Å². The van der Waals surface area contributed by atoms with Crippen molar-refractivity contribution in [3.05, 3.63) is 40.5 Å². The fourth-order valence-corrected chi connectivity index (χ4v) is 4.11. The highest BCUT2D eigenvalue weighted by Crippen LogP contribution is 2.43. The molecule has 0 saturated carbocycles. The van der Waals surface area contributed by atoms with Gasteiger partial charge in [-0.3, -0.25) is 4.99 Å².